The molecule has 0 spiro atoms. The lowest BCUT2D eigenvalue weighted by molar-refractivity contribution is 0.562. The number of hydrogen-bond donors (Lipinski definition) is 0. The maximum absolute atomic E-state index is 10.0. The van der Waals surface area contributed by atoms with E-state index in [4.69, 9.17) is 0 Å². The van der Waals surface area contributed by atoms with E-state index in [0.717, 1.165) is 11.5 Å². The summed E-state index contributed by atoms with van der Waals surface area (Å²) < 4.78 is 0. The van der Waals surface area contributed by atoms with E-state index < -0.39 is 0 Å². The zero-order valence-corrected chi connectivity index (χ0v) is 11.0. The van der Waals surface area contributed by atoms with Crippen LogP contribution in [0.5, 0.6) is 0 Å². The van der Waals surface area contributed by atoms with E-state index in [-0.39, 0.29) is 10.7 Å². The first kappa shape index (κ1) is 14.8. The molecule has 0 aliphatic rings. The van der Waals surface area contributed by atoms with Crippen LogP contribution < -0.4 is 0 Å². The normalized spacial score (nSPS) is 13.5. The minimum absolute atomic E-state index is 0.0600. The molecule has 0 radical (unpaired) electrons. The molecule has 4 nitrogen and oxygen atoms in total. The molecule has 0 aromatic heterocycles. The zero-order valence-electron chi connectivity index (χ0n) is 8.50. The molecule has 7 heteroatoms. The SMILES string of the molecule is CSC(CSCC(N=C=O)SC)N=C=O. The first-order valence-electron chi connectivity index (χ1n) is 4.05. The van der Waals surface area contributed by atoms with Crippen molar-refractivity contribution in [2.45, 2.75) is 10.7 Å². The Labute approximate surface area is 102 Å². The van der Waals surface area contributed by atoms with E-state index in [1.807, 2.05) is 12.5 Å². The number of nitrogens with zero attached hydrogens (tertiary/aromatic N) is 2. The fourth-order valence-electron chi connectivity index (χ4n) is 0.703. The second-order valence-corrected chi connectivity index (χ2v) is 5.46. The molecule has 15 heavy (non-hydrogen) atoms. The molecule has 2 unspecified atom stereocenters. The van der Waals surface area contributed by atoms with E-state index in [0.29, 0.717) is 0 Å². The van der Waals surface area contributed by atoms with Crippen LogP contribution in [0.25, 0.3) is 0 Å². The fraction of sp³-hybridized carbons (Fsp3) is 0.750. The smallest absolute Gasteiger partial charge is 0.211 e. The number of thioether (sulfide) groups is 3. The van der Waals surface area contributed by atoms with Gasteiger partial charge in [-0.1, -0.05) is 0 Å². The highest BCUT2D eigenvalue weighted by Crippen LogP contribution is 2.19. The van der Waals surface area contributed by atoms with Gasteiger partial charge in [0.25, 0.3) is 0 Å². The van der Waals surface area contributed by atoms with Gasteiger partial charge in [0.05, 0.1) is 0 Å². The molecule has 0 aliphatic carbocycles. The lowest BCUT2D eigenvalue weighted by Crippen LogP contribution is -2.07. The van der Waals surface area contributed by atoms with Crippen molar-refractivity contribution in [3.05, 3.63) is 0 Å². The van der Waals surface area contributed by atoms with E-state index in [1.165, 1.54) is 23.5 Å². The van der Waals surface area contributed by atoms with E-state index in [9.17, 15) is 9.59 Å². The standard InChI is InChI=1S/C8H12N2O2S3/c1-13-7(9-5-11)3-15-4-8(14-2)10-6-12/h7-8H,3-4H2,1-2H3. The van der Waals surface area contributed by atoms with Crippen molar-refractivity contribution in [3.63, 3.8) is 0 Å². The van der Waals surface area contributed by atoms with Crippen molar-refractivity contribution in [1.82, 2.24) is 0 Å². The van der Waals surface area contributed by atoms with Gasteiger partial charge in [-0.2, -0.15) is 21.7 Å². The third kappa shape index (κ3) is 7.71. The molecule has 2 atom stereocenters. The minimum atomic E-state index is -0.0600. The molecular weight excluding hydrogens is 252 g/mol. The average molecular weight is 264 g/mol. The summed E-state index contributed by atoms with van der Waals surface area (Å²) in [6, 6.07) is 0. The summed E-state index contributed by atoms with van der Waals surface area (Å²) in [6.45, 7) is 0. The summed E-state index contributed by atoms with van der Waals surface area (Å²) in [5.41, 5.74) is 0. The van der Waals surface area contributed by atoms with Crippen LogP contribution >= 0.6 is 35.3 Å². The van der Waals surface area contributed by atoms with E-state index in [1.54, 1.807) is 23.9 Å². The lowest BCUT2D eigenvalue weighted by atomic mass is 10.8. The highest BCUT2D eigenvalue weighted by molar-refractivity contribution is 8.04. The molecule has 84 valence electrons. The summed E-state index contributed by atoms with van der Waals surface area (Å²) in [6.07, 6.45) is 6.87. The quantitative estimate of drug-likeness (QED) is 0.494. The Morgan fingerprint density at radius 2 is 1.40 bits per heavy atom. The van der Waals surface area contributed by atoms with E-state index >= 15 is 0 Å². The molecular formula is C8H12N2O2S3. The molecule has 0 rings (SSSR count). The van der Waals surface area contributed by atoms with E-state index in [2.05, 4.69) is 9.98 Å². The first-order chi connectivity index (χ1) is 7.28. The van der Waals surface area contributed by atoms with Crippen LogP contribution in [0.15, 0.2) is 9.98 Å². The average Bonchev–Trinajstić information content (AvgIpc) is 2.26. The van der Waals surface area contributed by atoms with Gasteiger partial charge < -0.3 is 0 Å². The molecule has 0 aromatic carbocycles. The number of aliphatic imine (C=N–C) groups is 2. The molecule has 0 saturated heterocycles. The Hall–Kier alpha value is -0.190. The summed E-state index contributed by atoms with van der Waals surface area (Å²) in [7, 11) is 0. The predicted molar refractivity (Wildman–Crippen MR) is 68.2 cm³/mol. The van der Waals surface area contributed by atoms with Crippen molar-refractivity contribution >= 4 is 47.4 Å². The topological polar surface area (TPSA) is 58.9 Å². The van der Waals surface area contributed by atoms with Gasteiger partial charge in [-0.25, -0.2) is 9.59 Å². The summed E-state index contributed by atoms with van der Waals surface area (Å²) >= 11 is 4.62. The maximum Gasteiger partial charge on any atom is 0.236 e. The Balaban J connectivity index is 3.84. The van der Waals surface area contributed by atoms with Crippen LogP contribution in [0, 0.1) is 0 Å². The maximum atomic E-state index is 10.0. The molecule has 0 heterocycles. The van der Waals surface area contributed by atoms with Crippen LogP contribution in [0.3, 0.4) is 0 Å². The molecule has 0 N–H and O–H groups in total. The summed E-state index contributed by atoms with van der Waals surface area (Å²) in [5, 5.41) is -0.120. The molecule has 0 saturated carbocycles. The van der Waals surface area contributed by atoms with Crippen LogP contribution in [0.4, 0.5) is 0 Å². The second-order valence-electron chi connectivity index (χ2n) is 2.36. The van der Waals surface area contributed by atoms with Gasteiger partial charge in [-0.05, 0) is 12.5 Å². The number of carbonyl (C=O) groups excluding carboxylic acids is 2. The lowest BCUT2D eigenvalue weighted by Gasteiger charge is -2.09. The highest BCUT2D eigenvalue weighted by atomic mass is 32.2. The predicted octanol–water partition coefficient (Wildman–Crippen LogP) is 1.77. The largest absolute Gasteiger partial charge is 0.236 e. The number of hydrogen-bond acceptors (Lipinski definition) is 7. The number of isocyanates is 2. The Kier molecular flexibility index (Phi) is 10.2. The van der Waals surface area contributed by atoms with Gasteiger partial charge in [-0.15, -0.1) is 23.5 Å². The van der Waals surface area contributed by atoms with Crippen LogP contribution in [0.2, 0.25) is 0 Å². The van der Waals surface area contributed by atoms with Crippen molar-refractivity contribution in [3.8, 4) is 0 Å². The monoisotopic (exact) mass is 264 g/mol. The number of rotatable bonds is 8. The zero-order chi connectivity index (χ0) is 11.5. The van der Waals surface area contributed by atoms with Gasteiger partial charge in [0, 0.05) is 11.5 Å². The van der Waals surface area contributed by atoms with Gasteiger partial charge >= 0.3 is 0 Å². The summed E-state index contributed by atoms with van der Waals surface area (Å²) in [4.78, 5) is 27.3. The Morgan fingerprint density at radius 1 is 1.00 bits per heavy atom. The van der Waals surface area contributed by atoms with Gasteiger partial charge in [0.2, 0.25) is 12.2 Å². The first-order valence-corrected chi connectivity index (χ1v) is 7.78. The van der Waals surface area contributed by atoms with Crippen LogP contribution in [-0.2, 0) is 9.59 Å². The molecule has 0 bridgehead atoms. The van der Waals surface area contributed by atoms with Gasteiger partial charge in [0.15, 0.2) is 0 Å². The Bertz CT molecular complexity index is 237. The van der Waals surface area contributed by atoms with Gasteiger partial charge in [0.1, 0.15) is 10.7 Å². The minimum Gasteiger partial charge on any atom is -0.211 e. The third-order valence-corrected chi connectivity index (χ3v) is 4.62. The van der Waals surface area contributed by atoms with Crippen molar-refractivity contribution in [1.29, 1.82) is 0 Å². The van der Waals surface area contributed by atoms with Crippen molar-refractivity contribution in [2.75, 3.05) is 24.0 Å². The summed E-state index contributed by atoms with van der Waals surface area (Å²) in [5.74, 6) is 1.45. The van der Waals surface area contributed by atoms with Crippen molar-refractivity contribution < 1.29 is 9.59 Å². The highest BCUT2D eigenvalue weighted by Gasteiger charge is 2.08. The molecule has 0 aromatic rings. The third-order valence-electron chi connectivity index (χ3n) is 1.46. The second kappa shape index (κ2) is 10.3. The van der Waals surface area contributed by atoms with Crippen LogP contribution in [-0.4, -0.2) is 46.9 Å². The van der Waals surface area contributed by atoms with Gasteiger partial charge in [-0.3, -0.25) is 0 Å². The molecule has 0 aliphatic heterocycles. The molecule has 0 amide bonds. The molecule has 0 fully saturated rings. The van der Waals surface area contributed by atoms with Crippen LogP contribution in [0.1, 0.15) is 0 Å². The Morgan fingerprint density at radius 3 is 1.67 bits per heavy atom. The fourth-order valence-corrected chi connectivity index (χ4v) is 3.35. The van der Waals surface area contributed by atoms with Crippen molar-refractivity contribution in [2.24, 2.45) is 9.98 Å².